The van der Waals surface area contributed by atoms with E-state index in [1.54, 1.807) is 13.0 Å². The predicted molar refractivity (Wildman–Crippen MR) is 82.5 cm³/mol. The van der Waals surface area contributed by atoms with Gasteiger partial charge in [0.2, 0.25) is 0 Å². The van der Waals surface area contributed by atoms with Crippen LogP contribution >= 0.6 is 11.6 Å². The van der Waals surface area contributed by atoms with Crippen LogP contribution in [-0.2, 0) is 0 Å². The number of carbonyl (C=O) groups excluding carboxylic acids is 1. The Morgan fingerprint density at radius 3 is 2.71 bits per heavy atom. The number of aromatic nitrogens is 1. The molecule has 0 atom stereocenters. The van der Waals surface area contributed by atoms with Crippen LogP contribution in [0.25, 0.3) is 0 Å². The van der Waals surface area contributed by atoms with Gasteiger partial charge < -0.3 is 10.6 Å². The van der Waals surface area contributed by atoms with E-state index in [2.05, 4.69) is 15.6 Å². The zero-order valence-corrected chi connectivity index (χ0v) is 12.5. The Morgan fingerprint density at radius 2 is 2.10 bits per heavy atom. The lowest BCUT2D eigenvalue weighted by molar-refractivity contribution is 0.102. The molecule has 0 radical (unpaired) electrons. The van der Waals surface area contributed by atoms with E-state index in [9.17, 15) is 9.18 Å². The molecule has 0 aliphatic heterocycles. The minimum Gasteiger partial charge on any atom is -0.369 e. The lowest BCUT2D eigenvalue weighted by Gasteiger charge is -2.09. The minimum absolute atomic E-state index is 0.309. The van der Waals surface area contributed by atoms with E-state index in [-0.39, 0.29) is 0 Å². The van der Waals surface area contributed by atoms with Crippen molar-refractivity contribution in [1.82, 2.24) is 4.98 Å². The fraction of sp³-hybridized carbons (Fsp3) is 0.200. The SMILES string of the molecule is CCNc1ncc(C(=O)Nc2cc(C)cc(F)c2)cc1Cl. The number of nitrogens with one attached hydrogen (secondary N) is 2. The van der Waals surface area contributed by atoms with Crippen molar-refractivity contribution in [2.75, 3.05) is 17.2 Å². The third kappa shape index (κ3) is 3.92. The molecule has 0 saturated heterocycles. The number of halogens is 2. The summed E-state index contributed by atoms with van der Waals surface area (Å²) in [4.78, 5) is 16.2. The van der Waals surface area contributed by atoms with E-state index in [4.69, 9.17) is 11.6 Å². The van der Waals surface area contributed by atoms with Crippen molar-refractivity contribution in [3.63, 3.8) is 0 Å². The lowest BCUT2D eigenvalue weighted by atomic mass is 10.2. The summed E-state index contributed by atoms with van der Waals surface area (Å²) in [5.74, 6) is -0.265. The van der Waals surface area contributed by atoms with E-state index >= 15 is 0 Å². The van der Waals surface area contributed by atoms with Crippen molar-refractivity contribution in [3.8, 4) is 0 Å². The summed E-state index contributed by atoms with van der Waals surface area (Å²) in [5, 5.41) is 5.96. The van der Waals surface area contributed by atoms with Gasteiger partial charge in [-0.3, -0.25) is 4.79 Å². The Morgan fingerprint density at radius 1 is 1.33 bits per heavy atom. The van der Waals surface area contributed by atoms with E-state index in [0.29, 0.717) is 28.6 Å². The van der Waals surface area contributed by atoms with Crippen LogP contribution in [0.15, 0.2) is 30.5 Å². The number of carbonyl (C=O) groups is 1. The van der Waals surface area contributed by atoms with E-state index in [1.165, 1.54) is 24.4 Å². The zero-order valence-electron chi connectivity index (χ0n) is 11.7. The number of benzene rings is 1. The number of pyridine rings is 1. The molecule has 0 fully saturated rings. The average Bonchev–Trinajstić information content (AvgIpc) is 2.40. The second-order valence-corrected chi connectivity index (χ2v) is 4.96. The van der Waals surface area contributed by atoms with Crippen LogP contribution in [0.4, 0.5) is 15.9 Å². The molecule has 1 aromatic heterocycles. The molecule has 0 aliphatic rings. The van der Waals surface area contributed by atoms with Gasteiger partial charge in [0.05, 0.1) is 10.6 Å². The third-order valence-electron chi connectivity index (χ3n) is 2.75. The Bertz CT molecular complexity index is 656. The van der Waals surface area contributed by atoms with Gasteiger partial charge in [0, 0.05) is 18.4 Å². The molecule has 1 amide bonds. The van der Waals surface area contributed by atoms with Crippen LogP contribution in [0, 0.1) is 12.7 Å². The Kier molecular flexibility index (Phi) is 4.75. The summed E-state index contributed by atoms with van der Waals surface area (Å²) in [6, 6.07) is 5.85. The first-order valence-electron chi connectivity index (χ1n) is 6.47. The number of nitrogens with zero attached hydrogens (tertiary/aromatic N) is 1. The predicted octanol–water partition coefficient (Wildman–Crippen LogP) is 3.87. The molecular weight excluding hydrogens is 293 g/mol. The van der Waals surface area contributed by atoms with E-state index < -0.39 is 11.7 Å². The van der Waals surface area contributed by atoms with Crippen LogP contribution in [0.2, 0.25) is 5.02 Å². The smallest absolute Gasteiger partial charge is 0.257 e. The molecule has 110 valence electrons. The molecule has 4 nitrogen and oxygen atoms in total. The molecular formula is C15H15ClFN3O. The van der Waals surface area contributed by atoms with Gasteiger partial charge >= 0.3 is 0 Å². The van der Waals surface area contributed by atoms with Crippen LogP contribution in [-0.4, -0.2) is 17.4 Å². The monoisotopic (exact) mass is 307 g/mol. The largest absolute Gasteiger partial charge is 0.369 e. The molecule has 0 saturated carbocycles. The molecule has 1 aromatic carbocycles. The molecule has 2 rings (SSSR count). The maximum absolute atomic E-state index is 13.3. The fourth-order valence-electron chi connectivity index (χ4n) is 1.87. The molecule has 6 heteroatoms. The van der Waals surface area contributed by atoms with Gasteiger partial charge in [-0.25, -0.2) is 9.37 Å². The number of rotatable bonds is 4. The van der Waals surface area contributed by atoms with E-state index in [1.807, 2.05) is 6.92 Å². The van der Waals surface area contributed by atoms with Crippen LogP contribution in [0.3, 0.4) is 0 Å². The number of hydrogen-bond donors (Lipinski definition) is 2. The number of amides is 1. The van der Waals surface area contributed by atoms with Gasteiger partial charge in [-0.05, 0) is 43.7 Å². The second kappa shape index (κ2) is 6.54. The third-order valence-corrected chi connectivity index (χ3v) is 3.04. The van der Waals surface area contributed by atoms with Gasteiger partial charge in [0.25, 0.3) is 5.91 Å². The summed E-state index contributed by atoms with van der Waals surface area (Å²) >= 11 is 6.04. The Labute approximate surface area is 127 Å². The van der Waals surface area contributed by atoms with Crippen LogP contribution in [0.5, 0.6) is 0 Å². The number of hydrogen-bond acceptors (Lipinski definition) is 3. The molecule has 2 N–H and O–H groups in total. The van der Waals surface area contributed by atoms with Gasteiger partial charge in [-0.1, -0.05) is 11.6 Å². The molecule has 0 unspecified atom stereocenters. The maximum atomic E-state index is 13.3. The Balaban J connectivity index is 2.18. The van der Waals surface area contributed by atoms with Crippen LogP contribution < -0.4 is 10.6 Å². The van der Waals surface area contributed by atoms with Crippen molar-refractivity contribution in [2.24, 2.45) is 0 Å². The summed E-state index contributed by atoms with van der Waals surface area (Å²) in [6.07, 6.45) is 1.42. The van der Waals surface area contributed by atoms with Crippen molar-refractivity contribution in [3.05, 3.63) is 52.4 Å². The molecule has 0 spiro atoms. The summed E-state index contributed by atoms with van der Waals surface area (Å²) < 4.78 is 13.3. The molecule has 1 heterocycles. The lowest BCUT2D eigenvalue weighted by Crippen LogP contribution is -2.13. The highest BCUT2D eigenvalue weighted by molar-refractivity contribution is 6.33. The first kappa shape index (κ1) is 15.3. The minimum atomic E-state index is -0.399. The standard InChI is InChI=1S/C15H15ClFN3O/c1-3-18-14-13(16)6-10(8-19-14)15(21)20-12-5-9(2)4-11(17)7-12/h4-8H,3H2,1-2H3,(H,18,19)(H,20,21). The van der Waals surface area contributed by atoms with Gasteiger partial charge in [0.1, 0.15) is 11.6 Å². The highest BCUT2D eigenvalue weighted by Gasteiger charge is 2.10. The highest BCUT2D eigenvalue weighted by Crippen LogP contribution is 2.21. The fourth-order valence-corrected chi connectivity index (χ4v) is 2.10. The molecule has 0 aliphatic carbocycles. The molecule has 2 aromatic rings. The average molecular weight is 308 g/mol. The number of aryl methyl sites for hydroxylation is 1. The quantitative estimate of drug-likeness (QED) is 0.901. The number of anilines is 2. The van der Waals surface area contributed by atoms with Gasteiger partial charge in [-0.2, -0.15) is 0 Å². The topological polar surface area (TPSA) is 54.0 Å². The van der Waals surface area contributed by atoms with Gasteiger partial charge in [-0.15, -0.1) is 0 Å². The van der Waals surface area contributed by atoms with Crippen LogP contribution in [0.1, 0.15) is 22.8 Å². The second-order valence-electron chi connectivity index (χ2n) is 4.56. The maximum Gasteiger partial charge on any atom is 0.257 e. The van der Waals surface area contributed by atoms with Crippen molar-refractivity contribution >= 4 is 29.0 Å². The highest BCUT2D eigenvalue weighted by atomic mass is 35.5. The molecule has 21 heavy (non-hydrogen) atoms. The first-order chi connectivity index (χ1) is 9.99. The molecule has 0 bridgehead atoms. The normalized spacial score (nSPS) is 10.3. The first-order valence-corrected chi connectivity index (χ1v) is 6.85. The summed E-state index contributed by atoms with van der Waals surface area (Å²) in [5.41, 5.74) is 1.43. The summed E-state index contributed by atoms with van der Waals surface area (Å²) in [7, 11) is 0. The summed E-state index contributed by atoms with van der Waals surface area (Å²) in [6.45, 7) is 4.36. The van der Waals surface area contributed by atoms with Crippen molar-refractivity contribution in [2.45, 2.75) is 13.8 Å². The van der Waals surface area contributed by atoms with Crippen molar-refractivity contribution < 1.29 is 9.18 Å². The zero-order chi connectivity index (χ0) is 15.4. The van der Waals surface area contributed by atoms with Crippen molar-refractivity contribution in [1.29, 1.82) is 0 Å². The van der Waals surface area contributed by atoms with Gasteiger partial charge in [0.15, 0.2) is 0 Å². The van der Waals surface area contributed by atoms with E-state index in [0.717, 1.165) is 5.56 Å². The Hall–Kier alpha value is -2.14.